The van der Waals surface area contributed by atoms with E-state index in [-0.39, 0.29) is 31.1 Å². The largest absolute Gasteiger partial charge is 0.416 e. The maximum atomic E-state index is 12.6. The van der Waals surface area contributed by atoms with Crippen molar-refractivity contribution in [2.24, 2.45) is 0 Å². The second-order valence-electron chi connectivity index (χ2n) is 5.62. The average molecular weight is 401 g/mol. The van der Waals surface area contributed by atoms with Gasteiger partial charge in [-0.25, -0.2) is 8.42 Å². The zero-order valence-electron chi connectivity index (χ0n) is 13.6. The van der Waals surface area contributed by atoms with Crippen molar-refractivity contribution < 1.29 is 30.0 Å². The first-order chi connectivity index (χ1) is 11.4. The van der Waals surface area contributed by atoms with E-state index < -0.39 is 32.0 Å². The van der Waals surface area contributed by atoms with Crippen LogP contribution in [0, 0.1) is 0 Å². The van der Waals surface area contributed by atoms with Crippen LogP contribution in [-0.4, -0.2) is 70.0 Å². The fourth-order valence-electron chi connectivity index (χ4n) is 2.34. The predicted molar refractivity (Wildman–Crippen MR) is 84.4 cm³/mol. The van der Waals surface area contributed by atoms with E-state index in [0.29, 0.717) is 12.1 Å². The van der Waals surface area contributed by atoms with Gasteiger partial charge in [-0.15, -0.1) is 0 Å². The van der Waals surface area contributed by atoms with Crippen molar-refractivity contribution in [3.8, 4) is 0 Å². The van der Waals surface area contributed by atoms with Crippen LogP contribution in [0.1, 0.15) is 5.56 Å². The van der Waals surface area contributed by atoms with Gasteiger partial charge in [0.25, 0.3) is 10.2 Å². The smallest absolute Gasteiger partial charge is 0.207 e. The Hall–Kier alpha value is -1.21. The molecule has 1 aromatic carbocycles. The van der Waals surface area contributed by atoms with Crippen molar-refractivity contribution >= 4 is 20.2 Å². The van der Waals surface area contributed by atoms with Crippen LogP contribution in [0.4, 0.5) is 13.2 Å². The predicted octanol–water partition coefficient (Wildman–Crippen LogP) is 0.818. The summed E-state index contributed by atoms with van der Waals surface area (Å²) in [5, 5.41) is 0. The van der Waals surface area contributed by atoms with Crippen LogP contribution in [0.3, 0.4) is 0 Å². The van der Waals surface area contributed by atoms with Gasteiger partial charge in [0.1, 0.15) is 0 Å². The third kappa shape index (κ3) is 4.14. The molecule has 0 spiro atoms. The summed E-state index contributed by atoms with van der Waals surface area (Å²) < 4.78 is 90.0. The number of sulfonamides is 1. The van der Waals surface area contributed by atoms with Crippen LogP contribution in [0.15, 0.2) is 29.2 Å². The summed E-state index contributed by atoms with van der Waals surface area (Å²) in [5.74, 6) is 0. The molecule has 1 heterocycles. The van der Waals surface area contributed by atoms with Gasteiger partial charge in [0.05, 0.1) is 10.5 Å². The first kappa shape index (κ1) is 20.1. The van der Waals surface area contributed by atoms with E-state index in [1.165, 1.54) is 14.1 Å². The first-order valence-electron chi connectivity index (χ1n) is 7.22. The van der Waals surface area contributed by atoms with Gasteiger partial charge in [-0.3, -0.25) is 0 Å². The molecule has 1 aliphatic heterocycles. The number of nitrogens with zero attached hydrogens (tertiary/aromatic N) is 3. The zero-order valence-corrected chi connectivity index (χ0v) is 15.2. The molecule has 1 saturated heterocycles. The Kier molecular flexibility index (Phi) is 5.50. The summed E-state index contributed by atoms with van der Waals surface area (Å²) in [4.78, 5) is -0.260. The molecular weight excluding hydrogens is 383 g/mol. The topological polar surface area (TPSA) is 78.0 Å². The van der Waals surface area contributed by atoms with Crippen molar-refractivity contribution in [3.63, 3.8) is 0 Å². The molecule has 0 aliphatic carbocycles. The number of hydrogen-bond donors (Lipinski definition) is 0. The van der Waals surface area contributed by atoms with Gasteiger partial charge >= 0.3 is 6.18 Å². The monoisotopic (exact) mass is 401 g/mol. The average Bonchev–Trinajstić information content (AvgIpc) is 2.54. The highest BCUT2D eigenvalue weighted by atomic mass is 32.2. The molecule has 142 valence electrons. The molecule has 7 nitrogen and oxygen atoms in total. The molecule has 0 bridgehead atoms. The van der Waals surface area contributed by atoms with Gasteiger partial charge in [-0.2, -0.15) is 34.5 Å². The molecule has 0 saturated carbocycles. The Labute approximate surface area is 144 Å². The van der Waals surface area contributed by atoms with Gasteiger partial charge < -0.3 is 0 Å². The van der Waals surface area contributed by atoms with Gasteiger partial charge in [0.2, 0.25) is 10.0 Å². The van der Waals surface area contributed by atoms with Gasteiger partial charge in [0.15, 0.2) is 0 Å². The summed E-state index contributed by atoms with van der Waals surface area (Å²) >= 11 is 0. The molecule has 25 heavy (non-hydrogen) atoms. The Balaban J connectivity index is 2.15. The molecule has 0 unspecified atom stereocenters. The van der Waals surface area contributed by atoms with E-state index in [0.717, 1.165) is 25.0 Å². The van der Waals surface area contributed by atoms with Crippen LogP contribution in [0.2, 0.25) is 0 Å². The quantitative estimate of drug-likeness (QED) is 0.748. The highest BCUT2D eigenvalue weighted by Crippen LogP contribution is 2.30. The minimum absolute atomic E-state index is 0.0274. The van der Waals surface area contributed by atoms with Crippen molar-refractivity contribution in [2.75, 3.05) is 40.3 Å². The Morgan fingerprint density at radius 2 is 1.32 bits per heavy atom. The second-order valence-corrected chi connectivity index (χ2v) is 9.70. The summed E-state index contributed by atoms with van der Waals surface area (Å²) in [6.07, 6.45) is -4.55. The first-order valence-corrected chi connectivity index (χ1v) is 10.1. The Morgan fingerprint density at radius 1 is 0.880 bits per heavy atom. The molecular formula is C13H18F3N3O4S2. The molecule has 1 fully saturated rings. The minimum atomic E-state index is -4.55. The van der Waals surface area contributed by atoms with Crippen LogP contribution in [-0.2, 0) is 26.4 Å². The van der Waals surface area contributed by atoms with Gasteiger partial charge in [-0.1, -0.05) is 0 Å². The van der Waals surface area contributed by atoms with Crippen molar-refractivity contribution in [1.82, 2.24) is 12.9 Å². The Bertz CT molecular complexity index is 813. The fraction of sp³-hybridized carbons (Fsp3) is 0.538. The molecule has 0 N–H and O–H groups in total. The van der Waals surface area contributed by atoms with Crippen molar-refractivity contribution in [3.05, 3.63) is 29.8 Å². The number of halogens is 3. The highest BCUT2D eigenvalue weighted by molar-refractivity contribution is 7.89. The van der Waals surface area contributed by atoms with E-state index in [2.05, 4.69) is 0 Å². The lowest BCUT2D eigenvalue weighted by atomic mass is 10.2. The van der Waals surface area contributed by atoms with E-state index in [1.807, 2.05) is 0 Å². The SMILES string of the molecule is CN(C)S(=O)(=O)N1CCN(S(=O)(=O)c2ccc(C(F)(F)F)cc2)CC1. The number of alkyl halides is 3. The van der Waals surface area contributed by atoms with Crippen LogP contribution in [0.25, 0.3) is 0 Å². The lowest BCUT2D eigenvalue weighted by Gasteiger charge is -2.34. The number of hydrogen-bond acceptors (Lipinski definition) is 4. The van der Waals surface area contributed by atoms with Crippen LogP contribution < -0.4 is 0 Å². The van der Waals surface area contributed by atoms with Crippen molar-refractivity contribution in [2.45, 2.75) is 11.1 Å². The number of benzene rings is 1. The molecule has 12 heteroatoms. The van der Waals surface area contributed by atoms with Gasteiger partial charge in [-0.05, 0) is 24.3 Å². The third-order valence-electron chi connectivity index (χ3n) is 3.80. The molecule has 0 amide bonds. The molecule has 0 atom stereocenters. The molecule has 2 rings (SSSR count). The maximum Gasteiger partial charge on any atom is 0.416 e. The summed E-state index contributed by atoms with van der Waals surface area (Å²) in [6.45, 7) is -0.201. The number of piperazine rings is 1. The van der Waals surface area contributed by atoms with Crippen LogP contribution >= 0.6 is 0 Å². The Morgan fingerprint density at radius 3 is 1.72 bits per heavy atom. The summed E-state index contributed by atoms with van der Waals surface area (Å²) in [6, 6.07) is 3.22. The maximum absolute atomic E-state index is 12.6. The van der Waals surface area contributed by atoms with Gasteiger partial charge in [0, 0.05) is 40.3 Å². The summed E-state index contributed by atoms with van der Waals surface area (Å²) in [5.41, 5.74) is -0.937. The number of rotatable bonds is 4. The normalized spacial score (nSPS) is 18.6. The summed E-state index contributed by atoms with van der Waals surface area (Å²) in [7, 11) is -4.87. The third-order valence-corrected chi connectivity index (χ3v) is 7.66. The molecule has 0 radical (unpaired) electrons. The van der Waals surface area contributed by atoms with Crippen LogP contribution in [0.5, 0.6) is 0 Å². The standard InChI is InChI=1S/C13H18F3N3O4S2/c1-17(2)25(22,23)19-9-7-18(8-10-19)24(20,21)12-5-3-11(4-6-12)13(14,15)16/h3-6H,7-10H2,1-2H3. The minimum Gasteiger partial charge on any atom is -0.207 e. The zero-order chi connectivity index (χ0) is 19.0. The molecule has 1 aliphatic rings. The molecule has 0 aromatic heterocycles. The van der Waals surface area contributed by atoms with E-state index >= 15 is 0 Å². The van der Waals surface area contributed by atoms with Crippen molar-refractivity contribution in [1.29, 1.82) is 0 Å². The van der Waals surface area contributed by atoms with E-state index in [4.69, 9.17) is 0 Å². The lowest BCUT2D eigenvalue weighted by molar-refractivity contribution is -0.137. The molecule has 1 aromatic rings. The second kappa shape index (κ2) is 6.83. The fourth-order valence-corrected chi connectivity index (χ4v) is 4.85. The lowest BCUT2D eigenvalue weighted by Crippen LogP contribution is -2.52. The van der Waals surface area contributed by atoms with E-state index in [1.54, 1.807) is 0 Å². The highest BCUT2D eigenvalue weighted by Gasteiger charge is 2.35. The van der Waals surface area contributed by atoms with E-state index in [9.17, 15) is 30.0 Å².